The SMILES string of the molecule is O=C(C1CC(O)C1)N1CC[C@@H](OCc2ccncc2)[C@H](Cc2ccccc2)C1.O=C(O)C(F)(F)F. The Balaban J connectivity index is 0.000000429. The maximum atomic E-state index is 12.8. The predicted octanol–water partition coefficient (Wildman–Crippen LogP) is 3.46. The molecule has 1 saturated heterocycles. The second kappa shape index (κ2) is 12.1. The topological polar surface area (TPSA) is 100.0 Å². The molecule has 35 heavy (non-hydrogen) atoms. The molecule has 2 N–H and O–H groups in total. The van der Waals surface area contributed by atoms with E-state index in [-0.39, 0.29) is 30.0 Å². The summed E-state index contributed by atoms with van der Waals surface area (Å²) in [5, 5.41) is 16.7. The summed E-state index contributed by atoms with van der Waals surface area (Å²) in [6, 6.07) is 14.4. The number of aliphatic hydroxyl groups excluding tert-OH is 1. The highest BCUT2D eigenvalue weighted by molar-refractivity contribution is 5.80. The van der Waals surface area contributed by atoms with E-state index in [1.807, 2.05) is 23.1 Å². The largest absolute Gasteiger partial charge is 0.490 e. The van der Waals surface area contributed by atoms with Gasteiger partial charge >= 0.3 is 12.1 Å². The number of alkyl halides is 3. The fourth-order valence-electron chi connectivity index (χ4n) is 4.27. The zero-order valence-electron chi connectivity index (χ0n) is 19.1. The minimum atomic E-state index is -5.08. The van der Waals surface area contributed by atoms with E-state index in [1.54, 1.807) is 12.4 Å². The molecule has 2 atom stereocenters. The zero-order valence-corrected chi connectivity index (χ0v) is 19.1. The summed E-state index contributed by atoms with van der Waals surface area (Å²) in [4.78, 5) is 27.7. The summed E-state index contributed by atoms with van der Waals surface area (Å²) in [5.74, 6) is -2.28. The second-order valence-corrected chi connectivity index (χ2v) is 8.85. The molecule has 0 spiro atoms. The van der Waals surface area contributed by atoms with Gasteiger partial charge in [-0.2, -0.15) is 13.2 Å². The van der Waals surface area contributed by atoms with Crippen molar-refractivity contribution in [2.24, 2.45) is 11.8 Å². The number of ether oxygens (including phenoxy) is 1. The number of aliphatic hydroxyl groups is 1. The minimum Gasteiger partial charge on any atom is -0.475 e. The molecule has 2 aliphatic rings. The van der Waals surface area contributed by atoms with Crippen LogP contribution in [0.4, 0.5) is 13.2 Å². The molecule has 0 bridgehead atoms. The number of likely N-dealkylation sites (tertiary alicyclic amines) is 1. The first-order valence-corrected chi connectivity index (χ1v) is 11.4. The number of carbonyl (C=O) groups excluding carboxylic acids is 1. The number of halogens is 3. The van der Waals surface area contributed by atoms with Crippen molar-refractivity contribution in [2.45, 2.75) is 50.7 Å². The van der Waals surface area contributed by atoms with Crippen molar-refractivity contribution in [3.63, 3.8) is 0 Å². The number of carboxylic acid groups (broad SMARTS) is 1. The molecule has 1 aliphatic heterocycles. The van der Waals surface area contributed by atoms with Gasteiger partial charge in [0.15, 0.2) is 0 Å². The zero-order chi connectivity index (χ0) is 25.4. The van der Waals surface area contributed by atoms with Crippen LogP contribution in [0.15, 0.2) is 54.9 Å². The van der Waals surface area contributed by atoms with Crippen LogP contribution in [0, 0.1) is 11.8 Å². The summed E-state index contributed by atoms with van der Waals surface area (Å²) >= 11 is 0. The van der Waals surface area contributed by atoms with Crippen LogP contribution in [-0.4, -0.2) is 63.4 Å². The molecular formula is C25H29F3N2O5. The van der Waals surface area contributed by atoms with E-state index < -0.39 is 12.1 Å². The average Bonchev–Trinajstić information content (AvgIpc) is 2.82. The van der Waals surface area contributed by atoms with E-state index in [1.165, 1.54) is 5.56 Å². The lowest BCUT2D eigenvalue weighted by Crippen LogP contribution is -2.51. The van der Waals surface area contributed by atoms with Crippen LogP contribution in [0.25, 0.3) is 0 Å². The first kappa shape index (κ1) is 26.6. The minimum absolute atomic E-state index is 0.00154. The second-order valence-electron chi connectivity index (χ2n) is 8.85. The van der Waals surface area contributed by atoms with Crippen molar-refractivity contribution in [1.82, 2.24) is 9.88 Å². The van der Waals surface area contributed by atoms with Crippen LogP contribution < -0.4 is 0 Å². The Hall–Kier alpha value is -2.98. The Labute approximate surface area is 201 Å². The van der Waals surface area contributed by atoms with Crippen molar-refractivity contribution in [3.05, 3.63) is 66.0 Å². The van der Waals surface area contributed by atoms with Crippen molar-refractivity contribution in [1.29, 1.82) is 0 Å². The fourth-order valence-corrected chi connectivity index (χ4v) is 4.27. The molecule has 2 aromatic rings. The van der Waals surface area contributed by atoms with Crippen LogP contribution >= 0.6 is 0 Å². The van der Waals surface area contributed by atoms with E-state index >= 15 is 0 Å². The van der Waals surface area contributed by atoms with Crippen molar-refractivity contribution >= 4 is 11.9 Å². The van der Waals surface area contributed by atoms with E-state index in [2.05, 4.69) is 29.2 Å². The van der Waals surface area contributed by atoms with Crippen LogP contribution in [0.3, 0.4) is 0 Å². The van der Waals surface area contributed by atoms with E-state index in [0.29, 0.717) is 19.4 Å². The van der Waals surface area contributed by atoms with Gasteiger partial charge in [-0.05, 0) is 48.9 Å². The van der Waals surface area contributed by atoms with Gasteiger partial charge in [-0.1, -0.05) is 30.3 Å². The standard InChI is InChI=1S/C23H28N2O3.C2HF3O2/c26-21-13-19(14-21)23(27)25-11-8-22(28-16-18-6-9-24-10-7-18)20(15-25)12-17-4-2-1-3-5-17;3-2(4,5)1(6)7/h1-7,9-10,19-22,26H,8,11-16H2;(H,6,7)/t19?,20-,21?,22-;/m1./s1. The molecular weight excluding hydrogens is 465 g/mol. The van der Waals surface area contributed by atoms with Gasteiger partial charge < -0.3 is 19.8 Å². The molecule has 1 aromatic carbocycles. The number of amides is 1. The molecule has 0 unspecified atom stereocenters. The number of piperidine rings is 1. The van der Waals surface area contributed by atoms with Gasteiger partial charge in [0.1, 0.15) is 0 Å². The number of hydrogen-bond acceptors (Lipinski definition) is 5. The molecule has 4 rings (SSSR count). The van der Waals surface area contributed by atoms with Gasteiger partial charge in [-0.15, -0.1) is 0 Å². The molecule has 1 amide bonds. The molecule has 2 heterocycles. The number of benzene rings is 1. The number of carbonyl (C=O) groups is 2. The van der Waals surface area contributed by atoms with Crippen molar-refractivity contribution in [3.8, 4) is 0 Å². The first-order valence-electron chi connectivity index (χ1n) is 11.4. The van der Waals surface area contributed by atoms with Crippen molar-refractivity contribution < 1.29 is 37.7 Å². The number of carboxylic acids is 1. The Bertz CT molecular complexity index is 953. The third kappa shape index (κ3) is 8.03. The molecule has 1 saturated carbocycles. The smallest absolute Gasteiger partial charge is 0.475 e. The average molecular weight is 495 g/mol. The highest BCUT2D eigenvalue weighted by Gasteiger charge is 2.39. The number of aliphatic carboxylic acids is 1. The molecule has 1 aliphatic carbocycles. The lowest BCUT2D eigenvalue weighted by atomic mass is 9.80. The summed E-state index contributed by atoms with van der Waals surface area (Å²) < 4.78 is 38.0. The maximum absolute atomic E-state index is 12.8. The molecule has 1 aromatic heterocycles. The number of pyridine rings is 1. The number of rotatable bonds is 6. The summed E-state index contributed by atoms with van der Waals surface area (Å²) in [6.45, 7) is 2.03. The summed E-state index contributed by atoms with van der Waals surface area (Å²) in [5.41, 5.74) is 2.40. The van der Waals surface area contributed by atoms with Crippen LogP contribution in [0.2, 0.25) is 0 Å². The van der Waals surface area contributed by atoms with Crippen molar-refractivity contribution in [2.75, 3.05) is 13.1 Å². The number of nitrogens with zero attached hydrogens (tertiary/aromatic N) is 2. The third-order valence-corrected chi connectivity index (χ3v) is 6.23. The van der Waals surface area contributed by atoms with Gasteiger partial charge in [-0.25, -0.2) is 4.79 Å². The monoisotopic (exact) mass is 494 g/mol. The quantitative estimate of drug-likeness (QED) is 0.638. The number of hydrogen-bond donors (Lipinski definition) is 2. The maximum Gasteiger partial charge on any atom is 0.490 e. The molecule has 2 fully saturated rings. The summed E-state index contributed by atoms with van der Waals surface area (Å²) in [7, 11) is 0. The Kier molecular flexibility index (Phi) is 9.22. The van der Waals surface area contributed by atoms with E-state index in [0.717, 1.165) is 31.5 Å². The molecule has 0 radical (unpaired) electrons. The molecule has 10 heteroatoms. The van der Waals surface area contributed by atoms with Gasteiger partial charge in [0.2, 0.25) is 5.91 Å². The van der Waals surface area contributed by atoms with E-state index in [9.17, 15) is 23.1 Å². The van der Waals surface area contributed by atoms with E-state index in [4.69, 9.17) is 14.6 Å². The highest BCUT2D eigenvalue weighted by Crippen LogP contribution is 2.32. The normalized spacial score (nSPS) is 24.1. The first-order chi connectivity index (χ1) is 16.6. The lowest BCUT2D eigenvalue weighted by Gasteiger charge is -2.42. The van der Waals surface area contributed by atoms with Gasteiger partial charge in [0.25, 0.3) is 0 Å². The van der Waals surface area contributed by atoms with Crippen LogP contribution in [0.1, 0.15) is 30.4 Å². The Morgan fingerprint density at radius 3 is 2.26 bits per heavy atom. The number of aromatic nitrogens is 1. The predicted molar refractivity (Wildman–Crippen MR) is 120 cm³/mol. The highest BCUT2D eigenvalue weighted by atomic mass is 19.4. The Morgan fingerprint density at radius 2 is 1.69 bits per heavy atom. The van der Waals surface area contributed by atoms with Crippen LogP contribution in [0.5, 0.6) is 0 Å². The van der Waals surface area contributed by atoms with Gasteiger partial charge in [-0.3, -0.25) is 9.78 Å². The molecule has 7 nitrogen and oxygen atoms in total. The van der Waals surface area contributed by atoms with Gasteiger partial charge in [0, 0.05) is 37.3 Å². The molecule has 190 valence electrons. The Morgan fingerprint density at radius 1 is 1.06 bits per heavy atom. The summed E-state index contributed by atoms with van der Waals surface area (Å²) in [6.07, 6.45) is 1.30. The third-order valence-electron chi connectivity index (χ3n) is 6.23. The van der Waals surface area contributed by atoms with Gasteiger partial charge in [0.05, 0.1) is 18.8 Å². The lowest BCUT2D eigenvalue weighted by molar-refractivity contribution is -0.192. The van der Waals surface area contributed by atoms with Crippen LogP contribution in [-0.2, 0) is 27.4 Å². The fraction of sp³-hybridized carbons (Fsp3) is 0.480.